The predicted octanol–water partition coefficient (Wildman–Crippen LogP) is 2.86. The zero-order valence-electron chi connectivity index (χ0n) is 11.4. The number of hydrogen-bond donors (Lipinski definition) is 2. The summed E-state index contributed by atoms with van der Waals surface area (Å²) >= 11 is 5.27. The Balaban J connectivity index is 1.80. The maximum atomic E-state index is 5.30. The average Bonchev–Trinajstić information content (AvgIpc) is 2.52. The summed E-state index contributed by atoms with van der Waals surface area (Å²) < 4.78 is 5.30. The Hall–Kier alpha value is -2.07. The highest BCUT2D eigenvalue weighted by molar-refractivity contribution is 7.80. The topological polar surface area (TPSA) is 33.3 Å². The van der Waals surface area contributed by atoms with Crippen molar-refractivity contribution in [1.29, 1.82) is 0 Å². The second-order valence-corrected chi connectivity index (χ2v) is 4.74. The number of thiocarbonyl (C=S) groups is 1. The fourth-order valence-electron chi connectivity index (χ4n) is 1.87. The van der Waals surface area contributed by atoms with Gasteiger partial charge in [-0.15, -0.1) is 0 Å². The van der Waals surface area contributed by atoms with Crippen LogP contribution in [0.3, 0.4) is 0 Å². The van der Waals surface area contributed by atoms with Crippen molar-refractivity contribution in [1.82, 2.24) is 10.6 Å². The van der Waals surface area contributed by atoms with Crippen LogP contribution in [0.5, 0.6) is 5.75 Å². The number of rotatable bonds is 5. The molecule has 0 aromatic heterocycles. The molecule has 2 N–H and O–H groups in total. The molecule has 20 heavy (non-hydrogen) atoms. The highest BCUT2D eigenvalue weighted by atomic mass is 32.1. The number of methoxy groups -OCH3 is 1. The summed E-state index contributed by atoms with van der Waals surface area (Å²) in [4.78, 5) is 0. The van der Waals surface area contributed by atoms with Crippen molar-refractivity contribution < 1.29 is 4.74 Å². The maximum absolute atomic E-state index is 5.30. The molecule has 0 bridgehead atoms. The quantitative estimate of drug-likeness (QED) is 0.828. The molecule has 0 aliphatic heterocycles. The molecule has 0 amide bonds. The van der Waals surface area contributed by atoms with E-state index in [9.17, 15) is 0 Å². The highest BCUT2D eigenvalue weighted by Gasteiger charge is 2.02. The van der Waals surface area contributed by atoms with Gasteiger partial charge in [-0.25, -0.2) is 0 Å². The molecule has 3 nitrogen and oxygen atoms in total. The lowest BCUT2D eigenvalue weighted by Crippen LogP contribution is -2.34. The summed E-state index contributed by atoms with van der Waals surface area (Å²) in [6, 6.07) is 18.1. The van der Waals surface area contributed by atoms with Gasteiger partial charge in [-0.05, 0) is 23.8 Å². The summed E-state index contributed by atoms with van der Waals surface area (Å²) in [6.45, 7) is 1.36. The van der Waals surface area contributed by atoms with E-state index in [0.29, 0.717) is 11.7 Å². The molecule has 0 heterocycles. The first-order valence-corrected chi connectivity index (χ1v) is 6.88. The van der Waals surface area contributed by atoms with Gasteiger partial charge in [0.2, 0.25) is 0 Å². The van der Waals surface area contributed by atoms with Gasteiger partial charge in [-0.3, -0.25) is 0 Å². The maximum Gasteiger partial charge on any atom is 0.166 e. The molecule has 0 atom stereocenters. The molecule has 0 saturated heterocycles. The van der Waals surface area contributed by atoms with Crippen molar-refractivity contribution in [2.45, 2.75) is 13.1 Å². The molecular formula is C16H18N2OS. The van der Waals surface area contributed by atoms with Crippen molar-refractivity contribution in [2.75, 3.05) is 7.11 Å². The van der Waals surface area contributed by atoms with E-state index >= 15 is 0 Å². The Bertz CT molecular complexity index is 557. The van der Waals surface area contributed by atoms with Gasteiger partial charge in [0.05, 0.1) is 7.11 Å². The van der Waals surface area contributed by atoms with Gasteiger partial charge < -0.3 is 15.4 Å². The third kappa shape index (κ3) is 4.24. The van der Waals surface area contributed by atoms with Crippen molar-refractivity contribution in [3.05, 3.63) is 65.7 Å². The Kier molecular flexibility index (Phi) is 5.38. The SMILES string of the molecule is COc1ccccc1CNC(=S)NCc1ccccc1. The van der Waals surface area contributed by atoms with E-state index in [-0.39, 0.29) is 0 Å². The van der Waals surface area contributed by atoms with Crippen LogP contribution in [-0.4, -0.2) is 12.2 Å². The molecule has 2 rings (SSSR count). The van der Waals surface area contributed by atoms with Crippen LogP contribution >= 0.6 is 12.2 Å². The molecule has 2 aromatic carbocycles. The van der Waals surface area contributed by atoms with Crippen LogP contribution in [0.4, 0.5) is 0 Å². The fraction of sp³-hybridized carbons (Fsp3) is 0.188. The number of benzene rings is 2. The molecule has 0 radical (unpaired) electrons. The number of para-hydroxylation sites is 1. The van der Waals surface area contributed by atoms with Crippen LogP contribution in [0.25, 0.3) is 0 Å². The van der Waals surface area contributed by atoms with Gasteiger partial charge in [0.25, 0.3) is 0 Å². The lowest BCUT2D eigenvalue weighted by molar-refractivity contribution is 0.409. The van der Waals surface area contributed by atoms with Crippen LogP contribution in [0.2, 0.25) is 0 Å². The highest BCUT2D eigenvalue weighted by Crippen LogP contribution is 2.16. The van der Waals surface area contributed by atoms with Gasteiger partial charge in [-0.1, -0.05) is 48.5 Å². The van der Waals surface area contributed by atoms with E-state index < -0.39 is 0 Å². The average molecular weight is 286 g/mol. The van der Waals surface area contributed by atoms with E-state index in [1.165, 1.54) is 5.56 Å². The summed E-state index contributed by atoms with van der Waals surface area (Å²) in [6.07, 6.45) is 0. The van der Waals surface area contributed by atoms with Crippen molar-refractivity contribution in [2.24, 2.45) is 0 Å². The Morgan fingerprint density at radius 2 is 1.60 bits per heavy atom. The van der Waals surface area contributed by atoms with Gasteiger partial charge in [0.1, 0.15) is 5.75 Å². The summed E-state index contributed by atoms with van der Waals surface area (Å²) in [7, 11) is 1.67. The third-order valence-corrected chi connectivity index (χ3v) is 3.22. The molecule has 2 aromatic rings. The molecule has 0 saturated carbocycles. The lowest BCUT2D eigenvalue weighted by Gasteiger charge is -2.12. The van der Waals surface area contributed by atoms with Crippen LogP contribution in [-0.2, 0) is 13.1 Å². The second kappa shape index (κ2) is 7.50. The van der Waals surface area contributed by atoms with E-state index in [0.717, 1.165) is 17.9 Å². The van der Waals surface area contributed by atoms with Crippen molar-refractivity contribution >= 4 is 17.3 Å². The minimum atomic E-state index is 0.639. The molecule has 0 fully saturated rings. The lowest BCUT2D eigenvalue weighted by atomic mass is 10.2. The minimum absolute atomic E-state index is 0.639. The van der Waals surface area contributed by atoms with Gasteiger partial charge in [0, 0.05) is 18.7 Å². The molecule has 104 valence electrons. The van der Waals surface area contributed by atoms with E-state index in [1.54, 1.807) is 7.11 Å². The first-order chi connectivity index (χ1) is 9.79. The standard InChI is InChI=1S/C16H18N2OS/c1-19-15-10-6-5-9-14(15)12-18-16(20)17-11-13-7-3-2-4-8-13/h2-10H,11-12H2,1H3,(H2,17,18,20). The van der Waals surface area contributed by atoms with E-state index in [1.807, 2.05) is 42.5 Å². The summed E-state index contributed by atoms with van der Waals surface area (Å²) in [5.74, 6) is 0.867. The monoisotopic (exact) mass is 286 g/mol. The molecule has 0 aliphatic rings. The Morgan fingerprint density at radius 3 is 2.35 bits per heavy atom. The normalized spacial score (nSPS) is 9.85. The molecule has 0 aliphatic carbocycles. The van der Waals surface area contributed by atoms with Crippen molar-refractivity contribution in [3.8, 4) is 5.75 Å². The van der Waals surface area contributed by atoms with Crippen molar-refractivity contribution in [3.63, 3.8) is 0 Å². The van der Waals surface area contributed by atoms with Gasteiger partial charge in [0.15, 0.2) is 5.11 Å². The smallest absolute Gasteiger partial charge is 0.166 e. The van der Waals surface area contributed by atoms with E-state index in [2.05, 4.69) is 22.8 Å². The van der Waals surface area contributed by atoms with Crippen LogP contribution in [0, 0.1) is 0 Å². The summed E-state index contributed by atoms with van der Waals surface area (Å²) in [5.41, 5.74) is 2.29. The van der Waals surface area contributed by atoms with Gasteiger partial charge in [-0.2, -0.15) is 0 Å². The van der Waals surface area contributed by atoms with E-state index in [4.69, 9.17) is 17.0 Å². The Morgan fingerprint density at radius 1 is 0.950 bits per heavy atom. The molecular weight excluding hydrogens is 268 g/mol. The Labute approximate surface area is 125 Å². The molecule has 4 heteroatoms. The second-order valence-electron chi connectivity index (χ2n) is 4.33. The first-order valence-electron chi connectivity index (χ1n) is 6.47. The van der Waals surface area contributed by atoms with Gasteiger partial charge >= 0.3 is 0 Å². The van der Waals surface area contributed by atoms with Crippen LogP contribution in [0.15, 0.2) is 54.6 Å². The van der Waals surface area contributed by atoms with Crippen LogP contribution < -0.4 is 15.4 Å². The minimum Gasteiger partial charge on any atom is -0.496 e. The first kappa shape index (κ1) is 14.3. The zero-order valence-corrected chi connectivity index (χ0v) is 12.2. The van der Waals surface area contributed by atoms with Crippen LogP contribution in [0.1, 0.15) is 11.1 Å². The molecule has 0 spiro atoms. The summed E-state index contributed by atoms with van der Waals surface area (Å²) in [5, 5.41) is 7.01. The zero-order chi connectivity index (χ0) is 14.2. The largest absolute Gasteiger partial charge is 0.496 e. The third-order valence-electron chi connectivity index (χ3n) is 2.93. The predicted molar refractivity (Wildman–Crippen MR) is 85.7 cm³/mol. The number of nitrogens with one attached hydrogen (secondary N) is 2. The fourth-order valence-corrected chi connectivity index (χ4v) is 2.01. The number of hydrogen-bond acceptors (Lipinski definition) is 2. The molecule has 0 unspecified atom stereocenters. The number of ether oxygens (including phenoxy) is 1.